The third-order valence-electron chi connectivity index (χ3n) is 4.61. The summed E-state index contributed by atoms with van der Waals surface area (Å²) >= 11 is 0. The van der Waals surface area contributed by atoms with Crippen LogP contribution in [0.15, 0.2) is 15.8 Å². The minimum atomic E-state index is -6.43. The summed E-state index contributed by atoms with van der Waals surface area (Å²) in [6.45, 7) is -6.48. The number of aromatic amines is 1. The first-order valence-electron chi connectivity index (χ1n) is 9.68. The summed E-state index contributed by atoms with van der Waals surface area (Å²) < 4.78 is 70.5. The molecule has 1 aliphatic heterocycles. The van der Waals surface area contributed by atoms with E-state index in [9.17, 15) is 27.8 Å². The van der Waals surface area contributed by atoms with Crippen molar-refractivity contribution in [2.45, 2.75) is 31.6 Å². The van der Waals surface area contributed by atoms with E-state index in [1.807, 2.05) is 0 Å². The van der Waals surface area contributed by atoms with E-state index in [0.29, 0.717) is 13.2 Å². The number of nitrogens with one attached hydrogen (secondary N) is 1. The quantitative estimate of drug-likeness (QED) is 0.0867. The van der Waals surface area contributed by atoms with Crippen molar-refractivity contribution in [1.29, 1.82) is 0 Å². The summed E-state index contributed by atoms with van der Waals surface area (Å²) in [5.74, 6) is 5.41. The number of rotatable bonds is 13. The number of nitrogens with zero attached hydrogens (tertiary/aromatic N) is 1. The van der Waals surface area contributed by atoms with Crippen LogP contribution in [0.25, 0.3) is 0 Å². The molecule has 1 aromatic rings. The van der Waals surface area contributed by atoms with E-state index in [-0.39, 0.29) is 31.4 Å². The third kappa shape index (κ3) is 6.46. The van der Waals surface area contributed by atoms with Crippen LogP contribution in [-0.4, -0.2) is 52.5 Å². The molecule has 0 bridgehead atoms. The summed E-state index contributed by atoms with van der Waals surface area (Å²) in [6.07, 6.45) is -0.454. The van der Waals surface area contributed by atoms with Crippen LogP contribution in [0.2, 0.25) is 0 Å². The minimum absolute atomic E-state index is 0.00504. The van der Waals surface area contributed by atoms with Crippen LogP contribution >= 0.6 is 21.4 Å². The molecule has 2 heterocycles. The van der Waals surface area contributed by atoms with Crippen LogP contribution in [0, 0.1) is 11.8 Å². The molecule has 17 nitrogen and oxygen atoms in total. The van der Waals surface area contributed by atoms with E-state index < -0.39 is 51.6 Å². The molecular formula is C15H22N3O14P3. The molecule has 1 fully saturated rings. The molecule has 0 saturated carbocycles. The first kappa shape index (κ1) is 29.3. The Morgan fingerprint density at radius 2 is 1.91 bits per heavy atom. The van der Waals surface area contributed by atoms with Crippen LogP contribution in [-0.2, 0) is 53.1 Å². The van der Waals surface area contributed by atoms with Gasteiger partial charge in [-0.25, -0.2) is 0 Å². The second-order valence-electron chi connectivity index (χ2n) is 6.79. The number of hydrogen-bond donors (Lipinski definition) is 4. The Morgan fingerprint density at radius 1 is 1.20 bits per heavy atom. The van der Waals surface area contributed by atoms with Crippen LogP contribution in [0.5, 0.6) is 0 Å². The zero-order valence-corrected chi connectivity index (χ0v) is 20.5. The summed E-state index contributed by atoms with van der Waals surface area (Å²) in [5.41, 5.74) is 3.98. The van der Waals surface area contributed by atoms with E-state index >= 15 is 0 Å². The Balaban J connectivity index is 2.16. The molecule has 2 atom stereocenters. The van der Waals surface area contributed by atoms with Gasteiger partial charge >= 0.3 is 173 Å². The van der Waals surface area contributed by atoms with Gasteiger partial charge in [-0.3, -0.25) is 0 Å². The van der Waals surface area contributed by atoms with Crippen molar-refractivity contribution in [2.24, 2.45) is 5.73 Å². The Kier molecular flexibility index (Phi) is 10.8. The average Bonchev–Trinajstić information content (AvgIpc) is 3.29. The molecule has 196 valence electrons. The van der Waals surface area contributed by atoms with Crippen molar-refractivity contribution in [3.8, 4) is 11.8 Å². The van der Waals surface area contributed by atoms with Gasteiger partial charge in [-0.1, -0.05) is 0 Å². The van der Waals surface area contributed by atoms with Gasteiger partial charge in [0.05, 0.1) is 6.61 Å². The van der Waals surface area contributed by atoms with Gasteiger partial charge in [0, 0.05) is 6.54 Å². The molecule has 1 saturated heterocycles. The van der Waals surface area contributed by atoms with Gasteiger partial charge < -0.3 is 10.5 Å². The van der Waals surface area contributed by atoms with E-state index in [1.165, 1.54) is 6.20 Å². The van der Waals surface area contributed by atoms with Crippen molar-refractivity contribution in [3.05, 3.63) is 32.6 Å². The standard InChI is InChI=1S/C15H22N3O14P3/c16-6-8-27-7-2-1-3-11-9-18(15(20)17-14(11)19)13-5-4-12(29-13)10-28-35(31-22,32-30-21,33(23)24)34(25)26/h9,12-13,21-22H,3-8,10,16H2,(H,17,19,20)/t12-,13+/m0/s1. The summed E-state index contributed by atoms with van der Waals surface area (Å²) in [4.78, 5) is 26.5. The number of ether oxygens (including phenoxy) is 2. The number of aromatic nitrogens is 2. The molecule has 35 heavy (non-hydrogen) atoms. The Morgan fingerprint density at radius 3 is 2.51 bits per heavy atom. The van der Waals surface area contributed by atoms with Crippen molar-refractivity contribution in [1.82, 2.24) is 9.55 Å². The molecular weight excluding hydrogens is 539 g/mol. The monoisotopic (exact) mass is 561 g/mol. The molecule has 1 aromatic heterocycles. The van der Waals surface area contributed by atoms with Gasteiger partial charge in [0.2, 0.25) is 0 Å². The van der Waals surface area contributed by atoms with Gasteiger partial charge in [-0.2, -0.15) is 0 Å². The molecule has 0 spiro atoms. The number of hydrogen-bond acceptors (Lipinski definition) is 15. The molecule has 0 aliphatic carbocycles. The van der Waals surface area contributed by atoms with Crippen LogP contribution in [0.1, 0.15) is 24.6 Å². The van der Waals surface area contributed by atoms with Crippen LogP contribution in [0.4, 0.5) is 0 Å². The van der Waals surface area contributed by atoms with E-state index in [0.717, 1.165) is 4.57 Å². The molecule has 5 N–H and O–H groups in total. The molecule has 2 rings (SSSR count). The Bertz CT molecular complexity index is 1170. The summed E-state index contributed by atoms with van der Waals surface area (Å²) in [6, 6.07) is 0. The number of nitrogens with two attached hydrogens (primary N) is 1. The fourth-order valence-corrected chi connectivity index (χ4v) is 7.34. The first-order valence-corrected chi connectivity index (χ1v) is 15.4. The van der Waals surface area contributed by atoms with E-state index in [2.05, 4.69) is 31.2 Å². The molecule has 1 aliphatic rings. The number of H-pyrrole nitrogens is 1. The second-order valence-corrected chi connectivity index (χ2v) is 17.0. The SMILES string of the molecule is NCCOCC#CCc1cn([C@H]2CC[C@@H](COP(OO)(OOO)(P(=O)=O)P(=O)=O)O2)c(=O)[nH]c1=O. The van der Waals surface area contributed by atoms with Crippen LogP contribution in [0.3, 0.4) is 0 Å². The summed E-state index contributed by atoms with van der Waals surface area (Å²) in [5, 5.41) is 20.7. The average molecular weight is 561 g/mol. The van der Waals surface area contributed by atoms with Gasteiger partial charge in [-0.05, 0) is 0 Å². The Hall–Kier alpha value is -1.89. The molecule has 0 radical (unpaired) electrons. The fraction of sp³-hybridized carbons (Fsp3) is 0.600. The third-order valence-corrected chi connectivity index (χ3v) is 14.3. The van der Waals surface area contributed by atoms with Gasteiger partial charge in [-0.15, -0.1) is 0 Å². The topological polar surface area (TPSA) is 245 Å². The first-order chi connectivity index (χ1) is 16.6. The van der Waals surface area contributed by atoms with E-state index in [1.54, 1.807) is 0 Å². The zero-order valence-electron chi connectivity index (χ0n) is 17.8. The molecule has 0 amide bonds. The van der Waals surface area contributed by atoms with Crippen molar-refractivity contribution in [3.63, 3.8) is 0 Å². The van der Waals surface area contributed by atoms with Gasteiger partial charge in [0.25, 0.3) is 0 Å². The zero-order chi connectivity index (χ0) is 26.1. The van der Waals surface area contributed by atoms with Gasteiger partial charge in [0.1, 0.15) is 0 Å². The van der Waals surface area contributed by atoms with Crippen molar-refractivity contribution in [2.75, 3.05) is 26.4 Å². The summed E-state index contributed by atoms with van der Waals surface area (Å²) in [7, 11) is -8.65. The van der Waals surface area contributed by atoms with E-state index in [4.69, 9.17) is 30.2 Å². The second kappa shape index (κ2) is 12.9. The molecule has 0 unspecified atom stereocenters. The molecule has 0 aromatic carbocycles. The predicted octanol–water partition coefficient (Wildman–Crippen LogP) is 1.14. The van der Waals surface area contributed by atoms with Crippen molar-refractivity contribution < 1.29 is 57.2 Å². The normalized spacial score (nSPS) is 18.9. The van der Waals surface area contributed by atoms with Gasteiger partial charge in [0.15, 0.2) is 0 Å². The molecule has 20 heteroatoms. The predicted molar refractivity (Wildman–Crippen MR) is 114 cm³/mol. The fourth-order valence-electron chi connectivity index (χ4n) is 2.89. The van der Waals surface area contributed by atoms with Crippen LogP contribution < -0.4 is 17.0 Å². The maximum atomic E-state index is 12.3. The Labute approximate surface area is 196 Å². The van der Waals surface area contributed by atoms with Crippen molar-refractivity contribution >= 4 is 21.4 Å². The maximum absolute atomic E-state index is 12.3.